The minimum absolute atomic E-state index is 0.227. The molecule has 1 aromatic carbocycles. The molecule has 0 atom stereocenters. The fourth-order valence-corrected chi connectivity index (χ4v) is 4.06. The Bertz CT molecular complexity index is 656. The maximum atomic E-state index is 11.4. The lowest BCUT2D eigenvalue weighted by atomic mass is 10.3. The highest BCUT2D eigenvalue weighted by atomic mass is 79.9. The minimum Gasteiger partial charge on any atom is -0.485 e. The molecule has 2 aromatic rings. The molecule has 3 N–H and O–H groups in total. The molecule has 1 aromatic heterocycles. The van der Waals surface area contributed by atoms with Crippen LogP contribution in [0.1, 0.15) is 16.2 Å². The van der Waals surface area contributed by atoms with E-state index in [9.17, 15) is 4.79 Å². The van der Waals surface area contributed by atoms with Crippen molar-refractivity contribution < 1.29 is 9.53 Å². The molecule has 8 heteroatoms. The largest absolute Gasteiger partial charge is 0.485 e. The predicted octanol–water partition coefficient (Wildman–Crippen LogP) is 3.55. The smallest absolute Gasteiger partial charge is 0.283 e. The maximum absolute atomic E-state index is 11.4. The Balaban J connectivity index is 2.15. The molecular formula is C13H10Br3N3O2. The predicted molar refractivity (Wildman–Crippen MR) is 89.8 cm³/mol. The van der Waals surface area contributed by atoms with Gasteiger partial charge in [0, 0.05) is 4.47 Å². The number of hydrogen-bond donors (Lipinski definition) is 2. The normalized spacial score (nSPS) is 10.3. The van der Waals surface area contributed by atoms with E-state index < -0.39 is 5.91 Å². The number of halogens is 3. The van der Waals surface area contributed by atoms with Gasteiger partial charge in [-0.15, -0.1) is 0 Å². The van der Waals surface area contributed by atoms with Crippen molar-refractivity contribution in [3.63, 3.8) is 0 Å². The van der Waals surface area contributed by atoms with Gasteiger partial charge in [-0.05, 0) is 56.1 Å². The van der Waals surface area contributed by atoms with E-state index >= 15 is 0 Å². The van der Waals surface area contributed by atoms with Crippen molar-refractivity contribution >= 4 is 53.7 Å². The molecular weight excluding hydrogens is 470 g/mol. The van der Waals surface area contributed by atoms with Gasteiger partial charge in [0.2, 0.25) is 0 Å². The summed E-state index contributed by atoms with van der Waals surface area (Å²) < 4.78 is 8.27. The number of hydrazine groups is 1. The first-order valence-electron chi connectivity index (χ1n) is 5.75. The summed E-state index contributed by atoms with van der Waals surface area (Å²) in [6.07, 6.45) is 0. The first-order chi connectivity index (χ1) is 10.0. The van der Waals surface area contributed by atoms with E-state index in [1.807, 2.05) is 17.6 Å². The van der Waals surface area contributed by atoms with E-state index in [4.69, 9.17) is 10.6 Å². The molecule has 0 fully saturated rings. The topological polar surface area (TPSA) is 77.2 Å². The first kappa shape index (κ1) is 16.4. The van der Waals surface area contributed by atoms with Crippen LogP contribution in [0.25, 0.3) is 0 Å². The highest BCUT2D eigenvalue weighted by Crippen LogP contribution is 2.36. The number of carbonyl (C=O) groups excluding carboxylic acids is 1. The summed E-state index contributed by atoms with van der Waals surface area (Å²) in [6, 6.07) is 8.84. The molecule has 0 aliphatic heterocycles. The van der Waals surface area contributed by atoms with Crippen molar-refractivity contribution in [2.45, 2.75) is 6.61 Å². The van der Waals surface area contributed by atoms with Crippen LogP contribution in [0.15, 0.2) is 43.7 Å². The van der Waals surface area contributed by atoms with Gasteiger partial charge < -0.3 is 4.74 Å². The molecule has 0 saturated heterocycles. The number of hydrogen-bond acceptors (Lipinski definition) is 4. The average Bonchev–Trinajstić information content (AvgIpc) is 2.45. The molecule has 0 saturated carbocycles. The summed E-state index contributed by atoms with van der Waals surface area (Å²) in [4.78, 5) is 15.6. The first-order valence-corrected chi connectivity index (χ1v) is 8.13. The standard InChI is InChI=1S/C13H10Br3N3O2/c14-7-4-9(15)12(10(16)5-7)21-6-8-2-1-3-11(18-8)13(20)19-17/h1-5H,6,17H2,(H,19,20). The molecule has 0 spiro atoms. The quantitative estimate of drug-likeness (QED) is 0.399. The SMILES string of the molecule is NNC(=O)c1cccc(COc2c(Br)cc(Br)cc2Br)n1. The number of aromatic nitrogens is 1. The van der Waals surface area contributed by atoms with E-state index in [0.717, 1.165) is 13.4 Å². The third-order valence-electron chi connectivity index (χ3n) is 2.50. The lowest BCUT2D eigenvalue weighted by Crippen LogP contribution is -2.30. The zero-order valence-electron chi connectivity index (χ0n) is 10.6. The molecule has 0 aliphatic carbocycles. The molecule has 110 valence electrons. The number of carbonyl (C=O) groups is 1. The summed E-state index contributed by atoms with van der Waals surface area (Å²) in [5.74, 6) is 5.30. The van der Waals surface area contributed by atoms with E-state index in [1.54, 1.807) is 18.2 Å². The van der Waals surface area contributed by atoms with Crippen LogP contribution in [0.2, 0.25) is 0 Å². The number of nitrogen functional groups attached to an aromatic ring is 1. The number of pyridine rings is 1. The van der Waals surface area contributed by atoms with Crippen molar-refractivity contribution in [2.75, 3.05) is 0 Å². The van der Waals surface area contributed by atoms with Crippen LogP contribution < -0.4 is 16.0 Å². The second kappa shape index (κ2) is 7.35. The number of ether oxygens (including phenoxy) is 1. The second-order valence-corrected chi connectivity index (χ2v) is 6.60. The van der Waals surface area contributed by atoms with E-state index in [2.05, 4.69) is 52.8 Å². The second-order valence-electron chi connectivity index (χ2n) is 3.97. The van der Waals surface area contributed by atoms with Crippen LogP contribution >= 0.6 is 47.8 Å². The highest BCUT2D eigenvalue weighted by Gasteiger charge is 2.10. The molecule has 1 amide bonds. The van der Waals surface area contributed by atoms with Gasteiger partial charge in [-0.1, -0.05) is 22.0 Å². The Labute approximate surface area is 146 Å². The maximum Gasteiger partial charge on any atom is 0.283 e. The van der Waals surface area contributed by atoms with Crippen LogP contribution in [0, 0.1) is 0 Å². The molecule has 1 heterocycles. The Morgan fingerprint density at radius 2 is 1.90 bits per heavy atom. The van der Waals surface area contributed by atoms with Crippen LogP contribution in [0.5, 0.6) is 5.75 Å². The van der Waals surface area contributed by atoms with Gasteiger partial charge in [0.15, 0.2) is 0 Å². The third-order valence-corrected chi connectivity index (χ3v) is 4.13. The number of amides is 1. The summed E-state index contributed by atoms with van der Waals surface area (Å²) in [5, 5.41) is 0. The molecule has 0 radical (unpaired) electrons. The lowest BCUT2D eigenvalue weighted by Gasteiger charge is -2.11. The highest BCUT2D eigenvalue weighted by molar-refractivity contribution is 9.11. The van der Waals surface area contributed by atoms with Crippen LogP contribution in [0.4, 0.5) is 0 Å². The summed E-state index contributed by atoms with van der Waals surface area (Å²) in [7, 11) is 0. The minimum atomic E-state index is -0.442. The van der Waals surface area contributed by atoms with E-state index in [0.29, 0.717) is 11.4 Å². The number of nitrogens with one attached hydrogen (secondary N) is 1. The Morgan fingerprint density at radius 1 is 1.24 bits per heavy atom. The molecule has 21 heavy (non-hydrogen) atoms. The van der Waals surface area contributed by atoms with Gasteiger partial charge in [0.05, 0.1) is 14.6 Å². The molecule has 5 nitrogen and oxygen atoms in total. The van der Waals surface area contributed by atoms with E-state index in [1.165, 1.54) is 0 Å². The molecule has 0 bridgehead atoms. The van der Waals surface area contributed by atoms with Crippen molar-refractivity contribution in [3.8, 4) is 5.75 Å². The van der Waals surface area contributed by atoms with Crippen LogP contribution in [-0.4, -0.2) is 10.9 Å². The number of rotatable bonds is 4. The summed E-state index contributed by atoms with van der Waals surface area (Å²) in [6.45, 7) is 0.227. The summed E-state index contributed by atoms with van der Waals surface area (Å²) in [5.41, 5.74) is 2.91. The van der Waals surface area contributed by atoms with E-state index in [-0.39, 0.29) is 12.3 Å². The van der Waals surface area contributed by atoms with Gasteiger partial charge in [0.1, 0.15) is 18.1 Å². The molecule has 0 unspecified atom stereocenters. The summed E-state index contributed by atoms with van der Waals surface area (Å²) >= 11 is 10.3. The zero-order valence-corrected chi connectivity index (χ0v) is 15.3. The number of benzene rings is 1. The zero-order chi connectivity index (χ0) is 15.4. The molecule has 0 aliphatic rings. The lowest BCUT2D eigenvalue weighted by molar-refractivity contribution is 0.0948. The van der Waals surface area contributed by atoms with Crippen LogP contribution in [0.3, 0.4) is 0 Å². The van der Waals surface area contributed by atoms with Crippen molar-refractivity contribution in [3.05, 3.63) is 55.1 Å². The van der Waals surface area contributed by atoms with Crippen molar-refractivity contribution in [1.82, 2.24) is 10.4 Å². The Hall–Kier alpha value is -0.960. The van der Waals surface area contributed by atoms with Gasteiger partial charge in [-0.25, -0.2) is 10.8 Å². The number of nitrogens with two attached hydrogens (primary N) is 1. The Morgan fingerprint density at radius 3 is 2.52 bits per heavy atom. The third kappa shape index (κ3) is 4.26. The van der Waals surface area contributed by atoms with Gasteiger partial charge in [0.25, 0.3) is 5.91 Å². The monoisotopic (exact) mass is 477 g/mol. The number of nitrogens with zero attached hydrogens (tertiary/aromatic N) is 1. The van der Waals surface area contributed by atoms with Gasteiger partial charge in [-0.3, -0.25) is 10.2 Å². The fourth-order valence-electron chi connectivity index (χ4n) is 1.57. The fraction of sp³-hybridized carbons (Fsp3) is 0.0769. The van der Waals surface area contributed by atoms with Crippen molar-refractivity contribution in [2.24, 2.45) is 5.84 Å². The average molecular weight is 480 g/mol. The Kier molecular flexibility index (Phi) is 5.74. The van der Waals surface area contributed by atoms with Crippen molar-refractivity contribution in [1.29, 1.82) is 0 Å². The van der Waals surface area contributed by atoms with Crippen LogP contribution in [-0.2, 0) is 6.61 Å². The molecule has 2 rings (SSSR count). The van der Waals surface area contributed by atoms with Gasteiger partial charge >= 0.3 is 0 Å². The van der Waals surface area contributed by atoms with Gasteiger partial charge in [-0.2, -0.15) is 0 Å².